The van der Waals surface area contributed by atoms with E-state index in [0.29, 0.717) is 30.1 Å². The van der Waals surface area contributed by atoms with Crippen LogP contribution in [0.2, 0.25) is 0 Å². The molecule has 28 heavy (non-hydrogen) atoms. The van der Waals surface area contributed by atoms with Gasteiger partial charge < -0.3 is 9.64 Å². The van der Waals surface area contributed by atoms with Gasteiger partial charge in [0.2, 0.25) is 5.91 Å². The first-order valence-electron chi connectivity index (χ1n) is 9.07. The highest BCUT2D eigenvalue weighted by Gasteiger charge is 2.14. The molecule has 3 rings (SSSR count). The molecule has 1 N–H and O–H groups in total. The van der Waals surface area contributed by atoms with Crippen molar-refractivity contribution in [2.45, 2.75) is 26.4 Å². The van der Waals surface area contributed by atoms with Gasteiger partial charge in [-0.15, -0.1) is 0 Å². The van der Waals surface area contributed by atoms with E-state index in [-0.39, 0.29) is 5.91 Å². The van der Waals surface area contributed by atoms with Crippen molar-refractivity contribution in [1.29, 1.82) is 0 Å². The topological polar surface area (TPSA) is 63.1 Å². The second kappa shape index (κ2) is 8.84. The minimum Gasteiger partial charge on any atom is -0.497 e. The zero-order chi connectivity index (χ0) is 20.1. The monoisotopic (exact) mass is 396 g/mol. The average molecular weight is 397 g/mol. The number of methoxy groups -OCH3 is 1. The van der Waals surface area contributed by atoms with E-state index >= 15 is 0 Å². The molecule has 0 saturated carbocycles. The summed E-state index contributed by atoms with van der Waals surface area (Å²) in [5.74, 6) is 1.55. The van der Waals surface area contributed by atoms with Crippen molar-refractivity contribution in [3.63, 3.8) is 0 Å². The lowest BCUT2D eigenvalue weighted by molar-refractivity contribution is -0.130. The maximum atomic E-state index is 12.6. The maximum Gasteiger partial charge on any atom is 0.224 e. The number of aryl methyl sites for hydroxylation is 1. The number of benzene rings is 2. The summed E-state index contributed by atoms with van der Waals surface area (Å²) in [4.78, 5) is 14.4. The van der Waals surface area contributed by atoms with Gasteiger partial charge in [0.25, 0.3) is 0 Å². The number of H-pyrrole nitrogens is 1. The number of ether oxygens (including phenoxy) is 1. The molecule has 7 heteroatoms. The molecule has 0 aliphatic heterocycles. The number of nitrogens with zero attached hydrogens (tertiary/aromatic N) is 3. The smallest absolute Gasteiger partial charge is 0.224 e. The molecule has 3 aromatic rings. The van der Waals surface area contributed by atoms with Crippen molar-refractivity contribution in [3.8, 4) is 17.1 Å². The molecule has 0 saturated heterocycles. The predicted octanol–water partition coefficient (Wildman–Crippen LogP) is 3.97. The first-order chi connectivity index (χ1) is 13.5. The summed E-state index contributed by atoms with van der Waals surface area (Å²) in [6.45, 7) is 3.11. The maximum absolute atomic E-state index is 12.6. The molecule has 0 fully saturated rings. The molecule has 0 unspecified atom stereocenters. The number of aromatic amines is 1. The molecule has 0 radical (unpaired) electrons. The van der Waals surface area contributed by atoms with Gasteiger partial charge in [-0.05, 0) is 54.5 Å². The van der Waals surface area contributed by atoms with Crippen LogP contribution in [0.5, 0.6) is 5.75 Å². The molecule has 0 spiro atoms. The second-order valence-corrected chi connectivity index (χ2v) is 7.05. The van der Waals surface area contributed by atoms with E-state index in [0.717, 1.165) is 16.9 Å². The van der Waals surface area contributed by atoms with Crippen LogP contribution >= 0.6 is 12.2 Å². The number of carbonyl (C=O) groups excluding carboxylic acids is 1. The molecule has 146 valence electrons. The number of hydrogen-bond acceptors (Lipinski definition) is 4. The van der Waals surface area contributed by atoms with Crippen LogP contribution in [-0.4, -0.2) is 39.7 Å². The third-order valence-electron chi connectivity index (χ3n) is 4.75. The van der Waals surface area contributed by atoms with Crippen molar-refractivity contribution in [3.05, 3.63) is 64.4 Å². The van der Waals surface area contributed by atoms with E-state index in [1.54, 1.807) is 12.0 Å². The fraction of sp³-hybridized carbons (Fsp3) is 0.286. The fourth-order valence-corrected chi connectivity index (χ4v) is 3.24. The van der Waals surface area contributed by atoms with E-state index in [1.165, 1.54) is 5.56 Å². The lowest BCUT2D eigenvalue weighted by Gasteiger charge is -2.19. The van der Waals surface area contributed by atoms with Crippen LogP contribution in [-0.2, 0) is 17.9 Å². The van der Waals surface area contributed by atoms with Crippen molar-refractivity contribution in [2.75, 3.05) is 14.2 Å². The lowest BCUT2D eigenvalue weighted by atomic mass is 10.1. The van der Waals surface area contributed by atoms with E-state index in [9.17, 15) is 4.79 Å². The van der Waals surface area contributed by atoms with Crippen LogP contribution < -0.4 is 4.74 Å². The Labute approximate surface area is 169 Å². The van der Waals surface area contributed by atoms with Crippen molar-refractivity contribution in [1.82, 2.24) is 19.7 Å². The van der Waals surface area contributed by atoms with Gasteiger partial charge >= 0.3 is 0 Å². The Bertz CT molecular complexity index is 1010. The minimum atomic E-state index is 0.0621. The Balaban J connectivity index is 1.68. The van der Waals surface area contributed by atoms with Gasteiger partial charge in [0, 0.05) is 32.1 Å². The average Bonchev–Trinajstić information content (AvgIpc) is 3.08. The van der Waals surface area contributed by atoms with Crippen LogP contribution in [0.4, 0.5) is 0 Å². The standard InChI is InChI=1S/C21H24N4O2S/c1-15-6-4-5-7-17(15)14-24(2)19(26)12-13-25-20(22-23-21(25)28)16-8-10-18(27-3)11-9-16/h4-11H,12-14H2,1-3H3,(H,23,28). The molecule has 1 amide bonds. The summed E-state index contributed by atoms with van der Waals surface area (Å²) >= 11 is 5.36. The zero-order valence-electron chi connectivity index (χ0n) is 16.3. The summed E-state index contributed by atoms with van der Waals surface area (Å²) in [7, 11) is 3.46. The third-order valence-corrected chi connectivity index (χ3v) is 5.06. The Morgan fingerprint density at radius 3 is 2.61 bits per heavy atom. The Kier molecular flexibility index (Phi) is 6.26. The van der Waals surface area contributed by atoms with Gasteiger partial charge in [-0.25, -0.2) is 0 Å². The molecular weight excluding hydrogens is 372 g/mol. The number of hydrogen-bond donors (Lipinski definition) is 1. The van der Waals surface area contributed by atoms with Gasteiger partial charge in [0.15, 0.2) is 10.6 Å². The fourth-order valence-electron chi connectivity index (χ4n) is 3.02. The largest absolute Gasteiger partial charge is 0.497 e. The van der Waals surface area contributed by atoms with Gasteiger partial charge in [-0.3, -0.25) is 14.5 Å². The van der Waals surface area contributed by atoms with E-state index in [1.807, 2.05) is 54.1 Å². The van der Waals surface area contributed by atoms with Gasteiger partial charge in [-0.2, -0.15) is 5.10 Å². The molecule has 1 heterocycles. The number of rotatable bonds is 7. The highest BCUT2D eigenvalue weighted by molar-refractivity contribution is 7.71. The summed E-state index contributed by atoms with van der Waals surface area (Å²) < 4.78 is 7.56. The first-order valence-corrected chi connectivity index (χ1v) is 9.48. The summed E-state index contributed by atoms with van der Waals surface area (Å²) in [6, 6.07) is 15.7. The van der Waals surface area contributed by atoms with E-state index in [2.05, 4.69) is 23.2 Å². The summed E-state index contributed by atoms with van der Waals surface area (Å²) in [5.41, 5.74) is 3.24. The molecule has 2 aromatic carbocycles. The lowest BCUT2D eigenvalue weighted by Crippen LogP contribution is -2.27. The summed E-state index contributed by atoms with van der Waals surface area (Å²) in [6.07, 6.45) is 0.347. The van der Waals surface area contributed by atoms with Crippen LogP contribution in [0.3, 0.4) is 0 Å². The number of carbonyl (C=O) groups is 1. The number of amides is 1. The van der Waals surface area contributed by atoms with Crippen molar-refractivity contribution < 1.29 is 9.53 Å². The Morgan fingerprint density at radius 1 is 1.21 bits per heavy atom. The van der Waals surface area contributed by atoms with Crippen molar-refractivity contribution in [2.24, 2.45) is 0 Å². The Morgan fingerprint density at radius 2 is 1.93 bits per heavy atom. The van der Waals surface area contributed by atoms with Gasteiger partial charge in [0.1, 0.15) is 5.75 Å². The molecule has 0 bridgehead atoms. The van der Waals surface area contributed by atoms with Crippen LogP contribution in [0.15, 0.2) is 48.5 Å². The van der Waals surface area contributed by atoms with Crippen molar-refractivity contribution >= 4 is 18.1 Å². The highest BCUT2D eigenvalue weighted by Crippen LogP contribution is 2.21. The number of nitrogens with one attached hydrogen (secondary N) is 1. The SMILES string of the molecule is COc1ccc(-c2n[nH]c(=S)n2CCC(=O)N(C)Cc2ccccc2C)cc1. The molecule has 0 atom stereocenters. The summed E-state index contributed by atoms with van der Waals surface area (Å²) in [5, 5.41) is 7.15. The van der Waals surface area contributed by atoms with Gasteiger partial charge in [0.05, 0.1) is 7.11 Å². The van der Waals surface area contributed by atoms with Crippen LogP contribution in [0.25, 0.3) is 11.4 Å². The zero-order valence-corrected chi connectivity index (χ0v) is 17.1. The van der Waals surface area contributed by atoms with E-state index in [4.69, 9.17) is 17.0 Å². The Hall–Kier alpha value is -2.93. The minimum absolute atomic E-state index is 0.0621. The van der Waals surface area contributed by atoms with Gasteiger partial charge in [-0.1, -0.05) is 24.3 Å². The van der Waals surface area contributed by atoms with E-state index < -0.39 is 0 Å². The molecule has 1 aromatic heterocycles. The normalized spacial score (nSPS) is 10.7. The molecular formula is C21H24N4O2S. The van der Waals surface area contributed by atoms with Crippen LogP contribution in [0.1, 0.15) is 17.5 Å². The van der Waals surface area contributed by atoms with Crippen LogP contribution in [0, 0.1) is 11.7 Å². The molecule has 0 aliphatic carbocycles. The quantitative estimate of drug-likeness (QED) is 0.614. The highest BCUT2D eigenvalue weighted by atomic mass is 32.1. The second-order valence-electron chi connectivity index (χ2n) is 6.66. The number of aromatic nitrogens is 3. The molecule has 0 aliphatic rings. The molecule has 6 nitrogen and oxygen atoms in total. The first kappa shape index (κ1) is 19.8. The third kappa shape index (κ3) is 4.48. The predicted molar refractivity (Wildman–Crippen MR) is 112 cm³/mol.